The van der Waals surface area contributed by atoms with Crippen LogP contribution >= 0.6 is 39.5 Å². The number of hydrogen-bond acceptors (Lipinski definition) is 8. The molecule has 0 amide bonds. The van der Waals surface area contributed by atoms with Crippen LogP contribution in [0.5, 0.6) is 17.2 Å². The Balaban J connectivity index is 1.95. The van der Waals surface area contributed by atoms with Gasteiger partial charge < -0.3 is 33.7 Å². The van der Waals surface area contributed by atoms with E-state index >= 15 is 0 Å². The molecular weight excluding hydrogens is 609 g/mol. The summed E-state index contributed by atoms with van der Waals surface area (Å²) in [6.07, 6.45) is -1.72. The molecule has 1 unspecified atom stereocenters. The Labute approximate surface area is 222 Å². The van der Waals surface area contributed by atoms with Crippen LogP contribution in [0.15, 0.2) is 45.3 Å². The van der Waals surface area contributed by atoms with Gasteiger partial charge in [0.15, 0.2) is 12.5 Å². The Morgan fingerprint density at radius 3 is 2.20 bits per heavy atom. The first-order chi connectivity index (χ1) is 16.2. The number of rotatable bonds is 11. The number of benzene rings is 2. The molecule has 0 spiro atoms. The molecule has 0 saturated heterocycles. The molecule has 1 atom stereocenters. The quantitative estimate of drug-likeness (QED) is 0.112. The Bertz CT molecular complexity index is 1020. The van der Waals surface area contributed by atoms with E-state index in [9.17, 15) is 14.3 Å². The van der Waals surface area contributed by atoms with Crippen LogP contribution in [0.25, 0.3) is 0 Å². The van der Waals surface area contributed by atoms with Gasteiger partial charge in [0.2, 0.25) is 0 Å². The van der Waals surface area contributed by atoms with Crippen LogP contribution in [-0.4, -0.2) is 36.3 Å². The van der Waals surface area contributed by atoms with Crippen LogP contribution in [0.4, 0.5) is 10.5 Å². The van der Waals surface area contributed by atoms with Gasteiger partial charge >= 0.3 is 13.8 Å². The summed E-state index contributed by atoms with van der Waals surface area (Å²) in [5.74, 6) is 2.17. The van der Waals surface area contributed by atoms with Crippen LogP contribution in [0.3, 0.4) is 0 Å². The van der Waals surface area contributed by atoms with Gasteiger partial charge in [0.05, 0.1) is 15.6 Å². The summed E-state index contributed by atoms with van der Waals surface area (Å²) in [6.45, 7) is 9.81. The summed E-state index contributed by atoms with van der Waals surface area (Å²) >= 11 is 6.89. The molecule has 0 heterocycles. The second-order valence-electron chi connectivity index (χ2n) is 8.90. The van der Waals surface area contributed by atoms with E-state index in [4.69, 9.17) is 18.9 Å². The van der Waals surface area contributed by atoms with E-state index in [0.29, 0.717) is 44.4 Å². The molecule has 0 aromatic heterocycles. The number of carbonyl (C=O) groups excluding carboxylic acids is 1. The van der Waals surface area contributed by atoms with Crippen molar-refractivity contribution in [2.75, 3.05) is 25.0 Å². The molecule has 9 nitrogen and oxygen atoms in total. The first kappa shape index (κ1) is 29.5. The fourth-order valence-electron chi connectivity index (χ4n) is 2.48. The maximum atomic E-state index is 12.2. The molecule has 35 heavy (non-hydrogen) atoms. The summed E-state index contributed by atoms with van der Waals surface area (Å²) < 4.78 is 39.8. The zero-order valence-corrected chi connectivity index (χ0v) is 24.2. The second kappa shape index (κ2) is 13.0. The van der Waals surface area contributed by atoms with Gasteiger partial charge in [-0.15, -0.1) is 0 Å². The van der Waals surface area contributed by atoms with E-state index in [1.54, 1.807) is 57.2 Å². The highest BCUT2D eigenvalue weighted by Gasteiger charge is 2.28. The van der Waals surface area contributed by atoms with Crippen LogP contribution in [0.1, 0.15) is 34.6 Å². The Morgan fingerprint density at radius 1 is 1.09 bits per heavy atom. The fourth-order valence-corrected chi connectivity index (χ4v) is 4.55. The molecule has 0 saturated carbocycles. The molecule has 0 radical (unpaired) electrons. The van der Waals surface area contributed by atoms with Crippen molar-refractivity contribution in [3.05, 3.63) is 45.3 Å². The smallest absolute Gasteiger partial charge is 0.468 e. The zero-order chi connectivity index (χ0) is 26.2. The lowest BCUT2D eigenvalue weighted by Crippen LogP contribution is -2.24. The number of halogens is 2. The van der Waals surface area contributed by atoms with Gasteiger partial charge in [0.1, 0.15) is 23.4 Å². The Morgan fingerprint density at radius 2 is 1.66 bits per heavy atom. The first-order valence-electron chi connectivity index (χ1n) is 10.7. The molecule has 194 valence electrons. The summed E-state index contributed by atoms with van der Waals surface area (Å²) in [4.78, 5) is 21.6. The van der Waals surface area contributed by atoms with Crippen molar-refractivity contribution in [2.24, 2.45) is 5.92 Å². The van der Waals surface area contributed by atoms with Gasteiger partial charge in [-0.25, -0.2) is 9.36 Å². The number of nitrogens with one attached hydrogen (secondary N) is 1. The van der Waals surface area contributed by atoms with E-state index in [-0.39, 0.29) is 6.79 Å². The zero-order valence-electron chi connectivity index (χ0n) is 20.2. The fraction of sp³-hybridized carbons (Fsp3) is 0.435. The van der Waals surface area contributed by atoms with E-state index in [0.717, 1.165) is 0 Å². The average Bonchev–Trinajstić information content (AvgIpc) is 2.71. The van der Waals surface area contributed by atoms with E-state index in [2.05, 4.69) is 55.5 Å². The van der Waals surface area contributed by atoms with E-state index in [1.165, 1.54) is 0 Å². The minimum atomic E-state index is -4.29. The number of ether oxygens (including phenoxy) is 4. The number of anilines is 1. The number of hydrogen-bond donors (Lipinski definition) is 2. The Hall–Kier alpha value is -1.78. The van der Waals surface area contributed by atoms with Crippen LogP contribution in [0, 0.1) is 5.92 Å². The molecule has 2 aromatic carbocycles. The minimum absolute atomic E-state index is 0.174. The maximum absolute atomic E-state index is 12.2. The van der Waals surface area contributed by atoms with Crippen LogP contribution in [0.2, 0.25) is 0 Å². The molecule has 0 aliphatic heterocycles. The molecule has 0 bridgehead atoms. The van der Waals surface area contributed by atoms with Gasteiger partial charge in [-0.1, -0.05) is 13.8 Å². The molecule has 0 aliphatic carbocycles. The maximum Gasteiger partial charge on any atom is 0.515 e. The summed E-state index contributed by atoms with van der Waals surface area (Å²) in [5.41, 5.74) is -0.353. The summed E-state index contributed by atoms with van der Waals surface area (Å²) in [5, 5.41) is 2.77. The van der Waals surface area contributed by atoms with Crippen molar-refractivity contribution in [2.45, 2.75) is 40.2 Å². The van der Waals surface area contributed by atoms with Crippen molar-refractivity contribution in [3.63, 3.8) is 0 Å². The molecule has 2 aromatic rings. The monoisotopic (exact) mass is 637 g/mol. The van der Waals surface area contributed by atoms with Gasteiger partial charge in [0.25, 0.3) is 0 Å². The van der Waals surface area contributed by atoms with Crippen molar-refractivity contribution >= 4 is 51.3 Å². The van der Waals surface area contributed by atoms with Crippen molar-refractivity contribution < 1.29 is 37.7 Å². The second-order valence-corrected chi connectivity index (χ2v) is 12.4. The van der Waals surface area contributed by atoms with Crippen LogP contribution < -0.4 is 14.8 Å². The highest BCUT2D eigenvalue weighted by Crippen LogP contribution is 2.44. The Kier molecular flexibility index (Phi) is 10.9. The van der Waals surface area contributed by atoms with E-state index in [1.807, 2.05) is 0 Å². The molecule has 2 N–H and O–H groups in total. The van der Waals surface area contributed by atoms with Gasteiger partial charge in [-0.3, -0.25) is 0 Å². The molecule has 0 aliphatic rings. The molecule has 0 fully saturated rings. The first-order valence-corrected chi connectivity index (χ1v) is 14.0. The lowest BCUT2D eigenvalue weighted by atomic mass is 10.2. The summed E-state index contributed by atoms with van der Waals surface area (Å²) in [6, 6.07) is 10.4. The highest BCUT2D eigenvalue weighted by molar-refractivity contribution is 9.11. The van der Waals surface area contributed by atoms with Crippen molar-refractivity contribution in [1.82, 2.24) is 0 Å². The lowest BCUT2D eigenvalue weighted by molar-refractivity contribution is 0.00269. The molecular formula is C23H30Br2NO8P. The van der Waals surface area contributed by atoms with Crippen molar-refractivity contribution in [1.29, 1.82) is 0 Å². The third kappa shape index (κ3) is 11.2. The predicted octanol–water partition coefficient (Wildman–Crippen LogP) is 7.52. The lowest BCUT2D eigenvalue weighted by Gasteiger charge is -2.20. The van der Waals surface area contributed by atoms with Gasteiger partial charge in [-0.05, 0) is 94.9 Å². The number of carbonyl (C=O) groups is 1. The highest BCUT2D eigenvalue weighted by atomic mass is 79.9. The normalized spacial score (nSPS) is 13.2. The topological polar surface area (TPSA) is 113 Å². The molecule has 12 heteroatoms. The predicted molar refractivity (Wildman–Crippen MR) is 140 cm³/mol. The SMILES string of the molecule is CC(C)COCOc1ccc(Oc2c(Br)cc(NCP(=O)(O)OC(=O)OC(C)(C)C)cc2Br)cc1. The van der Waals surface area contributed by atoms with E-state index < -0.39 is 25.6 Å². The van der Waals surface area contributed by atoms with Gasteiger partial charge in [-0.2, -0.15) is 0 Å². The van der Waals surface area contributed by atoms with Crippen LogP contribution in [-0.2, 0) is 18.6 Å². The average molecular weight is 639 g/mol. The third-order valence-electron chi connectivity index (χ3n) is 3.89. The third-order valence-corrected chi connectivity index (χ3v) is 6.06. The van der Waals surface area contributed by atoms with Gasteiger partial charge in [0, 0.05) is 5.69 Å². The molecule has 2 rings (SSSR count). The standard InChI is InChI=1S/C23H30Br2NO8P/c1-15(2)12-30-14-31-17-6-8-18(9-7-17)32-21-19(24)10-16(11-20(21)25)26-13-35(28,29)34-22(27)33-23(3,4)5/h6-11,15,26H,12-14H2,1-5H3,(H,28,29). The largest absolute Gasteiger partial charge is 0.515 e. The van der Waals surface area contributed by atoms with Crippen molar-refractivity contribution in [3.8, 4) is 17.2 Å². The summed E-state index contributed by atoms with van der Waals surface area (Å²) in [7, 11) is -4.29. The minimum Gasteiger partial charge on any atom is -0.468 e.